The number of rotatable bonds is 6. The number of carbonyl (C=O) groups is 1. The highest BCUT2D eigenvalue weighted by Gasteiger charge is 2.27. The van der Waals surface area contributed by atoms with E-state index in [1.54, 1.807) is 0 Å². The molecule has 3 rings (SSSR count). The Kier molecular flexibility index (Phi) is 13.3. The summed E-state index contributed by atoms with van der Waals surface area (Å²) in [7, 11) is 1.35. The molecule has 0 radical (unpaired) electrons. The van der Waals surface area contributed by atoms with Gasteiger partial charge in [-0.05, 0) is 73.4 Å². The first kappa shape index (κ1) is 28.6. The molecule has 1 fully saturated rings. The van der Waals surface area contributed by atoms with Gasteiger partial charge in [0, 0.05) is 11.9 Å². The lowest BCUT2D eigenvalue weighted by atomic mass is 9.88. The van der Waals surface area contributed by atoms with Gasteiger partial charge in [0.15, 0.2) is 0 Å². The summed E-state index contributed by atoms with van der Waals surface area (Å²) < 4.78 is 16.0. The molecule has 1 aliphatic heterocycles. The summed E-state index contributed by atoms with van der Waals surface area (Å²) in [4.78, 5) is 9.59. The van der Waals surface area contributed by atoms with Crippen LogP contribution in [0.15, 0.2) is 42.5 Å². The Bertz CT molecular complexity index is 860. The molecule has 2 aromatic carbocycles. The van der Waals surface area contributed by atoms with Gasteiger partial charge < -0.3 is 14.2 Å². The third kappa shape index (κ3) is 9.90. The van der Waals surface area contributed by atoms with E-state index in [1.165, 1.54) is 31.6 Å². The van der Waals surface area contributed by atoms with Crippen molar-refractivity contribution in [3.8, 4) is 18.6 Å². The molecule has 1 saturated heterocycles. The second-order valence-corrected chi connectivity index (χ2v) is 8.44. The van der Waals surface area contributed by atoms with Crippen molar-refractivity contribution in [2.24, 2.45) is 5.92 Å². The standard InChI is InChI=1S/C23H29ClO2.C3H6O2.C2H2/c1-4-20-12-16(3)13-23(26-20)18-8-11-22(24)19(15-18)14-17-6-9-21(10-7-17)25-5-2;1-3(4)5-2;1-2/h6-11,15-16,20,23H,4-5,12-14H2,1-3H3;1-2H3;1-2H/t16-,20+,23+;;/m0../s1. The minimum absolute atomic E-state index is 0.181. The predicted octanol–water partition coefficient (Wildman–Crippen LogP) is 7.02. The van der Waals surface area contributed by atoms with Gasteiger partial charge in [-0.25, -0.2) is 0 Å². The van der Waals surface area contributed by atoms with Crippen LogP contribution in [-0.2, 0) is 20.7 Å². The van der Waals surface area contributed by atoms with Gasteiger partial charge in [0.05, 0.1) is 25.9 Å². The van der Waals surface area contributed by atoms with Crippen LogP contribution in [0.5, 0.6) is 5.75 Å². The highest BCUT2D eigenvalue weighted by molar-refractivity contribution is 6.31. The van der Waals surface area contributed by atoms with E-state index in [0.717, 1.165) is 35.6 Å². The van der Waals surface area contributed by atoms with E-state index in [2.05, 4.69) is 55.7 Å². The number of halogens is 1. The number of hydrogen-bond donors (Lipinski definition) is 0. The van der Waals surface area contributed by atoms with Crippen molar-refractivity contribution in [1.82, 2.24) is 0 Å². The zero-order valence-corrected chi connectivity index (χ0v) is 21.2. The third-order valence-electron chi connectivity index (χ3n) is 5.45. The number of carbonyl (C=O) groups excluding carboxylic acids is 1. The number of esters is 1. The van der Waals surface area contributed by atoms with Gasteiger partial charge in [-0.3, -0.25) is 4.79 Å². The molecule has 4 nitrogen and oxygen atoms in total. The number of methoxy groups -OCH3 is 1. The van der Waals surface area contributed by atoms with Crippen molar-refractivity contribution in [3.63, 3.8) is 0 Å². The summed E-state index contributed by atoms with van der Waals surface area (Å²) in [6, 6.07) is 14.6. The second kappa shape index (κ2) is 15.4. The van der Waals surface area contributed by atoms with Crippen LogP contribution in [-0.4, -0.2) is 25.8 Å². The van der Waals surface area contributed by atoms with Crippen molar-refractivity contribution >= 4 is 17.6 Å². The number of ether oxygens (including phenoxy) is 3. The average molecular weight is 473 g/mol. The highest BCUT2D eigenvalue weighted by Crippen LogP contribution is 2.37. The molecule has 1 aliphatic rings. The predicted molar refractivity (Wildman–Crippen MR) is 136 cm³/mol. The molecule has 0 unspecified atom stereocenters. The van der Waals surface area contributed by atoms with Gasteiger partial charge in [-0.2, -0.15) is 0 Å². The first-order valence-electron chi connectivity index (χ1n) is 11.4. The monoisotopic (exact) mass is 472 g/mol. The maximum Gasteiger partial charge on any atom is 0.302 e. The molecule has 0 spiro atoms. The smallest absolute Gasteiger partial charge is 0.302 e. The first-order valence-corrected chi connectivity index (χ1v) is 11.8. The van der Waals surface area contributed by atoms with E-state index >= 15 is 0 Å². The van der Waals surface area contributed by atoms with Gasteiger partial charge in [-0.1, -0.05) is 49.7 Å². The number of terminal acetylenes is 1. The van der Waals surface area contributed by atoms with Gasteiger partial charge >= 0.3 is 5.97 Å². The van der Waals surface area contributed by atoms with Crippen molar-refractivity contribution in [1.29, 1.82) is 0 Å². The molecule has 5 heteroatoms. The lowest BCUT2D eigenvalue weighted by Gasteiger charge is -2.34. The average Bonchev–Trinajstić information content (AvgIpc) is 2.83. The minimum atomic E-state index is -0.245. The fourth-order valence-electron chi connectivity index (χ4n) is 3.75. The summed E-state index contributed by atoms with van der Waals surface area (Å²) in [5, 5.41) is 0.818. The summed E-state index contributed by atoms with van der Waals surface area (Å²) >= 11 is 6.49. The maximum atomic E-state index is 9.59. The lowest BCUT2D eigenvalue weighted by molar-refractivity contribution is -0.137. The summed E-state index contributed by atoms with van der Waals surface area (Å²) in [5.41, 5.74) is 3.64. The zero-order chi connectivity index (χ0) is 24.8. The lowest BCUT2D eigenvalue weighted by Crippen LogP contribution is -2.26. The van der Waals surface area contributed by atoms with Crippen LogP contribution >= 0.6 is 11.6 Å². The largest absolute Gasteiger partial charge is 0.494 e. The van der Waals surface area contributed by atoms with Crippen molar-refractivity contribution < 1.29 is 19.0 Å². The van der Waals surface area contributed by atoms with Crippen LogP contribution in [0.25, 0.3) is 0 Å². The van der Waals surface area contributed by atoms with Gasteiger partial charge in [-0.15, -0.1) is 12.8 Å². The van der Waals surface area contributed by atoms with Gasteiger partial charge in [0.2, 0.25) is 0 Å². The van der Waals surface area contributed by atoms with Crippen LogP contribution < -0.4 is 4.74 Å². The summed E-state index contributed by atoms with van der Waals surface area (Å²) in [5.74, 6) is 1.36. The Labute approximate surface area is 204 Å². The summed E-state index contributed by atoms with van der Waals surface area (Å²) in [6.45, 7) is 8.58. The van der Waals surface area contributed by atoms with E-state index in [0.29, 0.717) is 18.6 Å². The molecule has 2 aromatic rings. The third-order valence-corrected chi connectivity index (χ3v) is 5.82. The number of benzene rings is 2. The van der Waals surface area contributed by atoms with Crippen molar-refractivity contribution in [3.05, 3.63) is 64.2 Å². The van der Waals surface area contributed by atoms with Crippen LogP contribution in [0.3, 0.4) is 0 Å². The molecule has 180 valence electrons. The SMILES string of the molecule is C#C.CCOc1ccc(Cc2cc([C@H]3C[C@@H](C)C[C@@H](CC)O3)ccc2Cl)cc1.COC(C)=O. The van der Waals surface area contributed by atoms with E-state index in [9.17, 15) is 4.79 Å². The van der Waals surface area contributed by atoms with Crippen LogP contribution in [0.4, 0.5) is 0 Å². The molecular formula is C28H37ClO4. The molecular weight excluding hydrogens is 436 g/mol. The maximum absolute atomic E-state index is 9.59. The fourth-order valence-corrected chi connectivity index (χ4v) is 3.94. The van der Waals surface area contributed by atoms with Gasteiger partial charge in [0.1, 0.15) is 5.75 Å². The Morgan fingerprint density at radius 3 is 2.30 bits per heavy atom. The van der Waals surface area contributed by atoms with Crippen molar-refractivity contribution in [2.75, 3.05) is 13.7 Å². The van der Waals surface area contributed by atoms with Crippen LogP contribution in [0.2, 0.25) is 5.02 Å². The van der Waals surface area contributed by atoms with E-state index < -0.39 is 0 Å². The Morgan fingerprint density at radius 2 is 1.76 bits per heavy atom. The normalized spacial score (nSPS) is 19.2. The molecule has 1 heterocycles. The molecule has 0 aliphatic carbocycles. The topological polar surface area (TPSA) is 44.8 Å². The molecule has 0 N–H and O–H groups in total. The zero-order valence-electron chi connectivity index (χ0n) is 20.5. The Morgan fingerprint density at radius 1 is 1.12 bits per heavy atom. The van der Waals surface area contributed by atoms with Crippen LogP contribution in [0.1, 0.15) is 69.8 Å². The molecule has 3 atom stereocenters. The molecule has 0 saturated carbocycles. The summed E-state index contributed by atoms with van der Waals surface area (Å²) in [6.07, 6.45) is 12.7. The number of hydrogen-bond acceptors (Lipinski definition) is 4. The second-order valence-electron chi connectivity index (χ2n) is 8.03. The van der Waals surface area contributed by atoms with Gasteiger partial charge in [0.25, 0.3) is 0 Å². The highest BCUT2D eigenvalue weighted by atomic mass is 35.5. The minimum Gasteiger partial charge on any atom is -0.494 e. The Balaban J connectivity index is 0.000000689. The molecule has 33 heavy (non-hydrogen) atoms. The quantitative estimate of drug-likeness (QED) is 0.334. The van der Waals surface area contributed by atoms with E-state index in [-0.39, 0.29) is 12.1 Å². The van der Waals surface area contributed by atoms with Crippen LogP contribution in [0, 0.1) is 18.8 Å². The fraction of sp³-hybridized carbons (Fsp3) is 0.464. The molecule has 0 bridgehead atoms. The van der Waals surface area contributed by atoms with Crippen molar-refractivity contribution in [2.45, 2.75) is 65.6 Å². The van der Waals surface area contributed by atoms with E-state index in [1.807, 2.05) is 25.1 Å². The Hall–Kier alpha value is -2.48. The first-order chi connectivity index (χ1) is 15.9. The van der Waals surface area contributed by atoms with E-state index in [4.69, 9.17) is 21.1 Å². The molecule has 0 amide bonds. The molecule has 0 aromatic heterocycles.